The van der Waals surface area contributed by atoms with Crippen LogP contribution >= 0.6 is 0 Å². The van der Waals surface area contributed by atoms with Gasteiger partial charge in [-0.05, 0) is 55.5 Å². The number of carbonyl (C=O) groups is 1. The van der Waals surface area contributed by atoms with Crippen molar-refractivity contribution < 1.29 is 18.0 Å². The van der Waals surface area contributed by atoms with Gasteiger partial charge in [0.15, 0.2) is 5.49 Å². The number of rotatable bonds is 4. The molecule has 0 unspecified atom stereocenters. The van der Waals surface area contributed by atoms with E-state index in [1.165, 1.54) is 13.0 Å². The van der Waals surface area contributed by atoms with Gasteiger partial charge < -0.3 is 9.47 Å². The Hall–Kier alpha value is -3.49. The van der Waals surface area contributed by atoms with Crippen LogP contribution < -0.4 is 5.49 Å². The van der Waals surface area contributed by atoms with Gasteiger partial charge in [-0.25, -0.2) is 4.98 Å². The molecule has 1 amide bonds. The summed E-state index contributed by atoms with van der Waals surface area (Å²) in [5, 5.41) is 0.833. The highest BCUT2D eigenvalue weighted by Crippen LogP contribution is 2.35. The van der Waals surface area contributed by atoms with Gasteiger partial charge in [0.1, 0.15) is 5.82 Å². The minimum atomic E-state index is -4.42. The van der Waals surface area contributed by atoms with Crippen molar-refractivity contribution in [3.63, 3.8) is 0 Å². The molecule has 0 saturated carbocycles. The van der Waals surface area contributed by atoms with Gasteiger partial charge >= 0.3 is 6.18 Å². The summed E-state index contributed by atoms with van der Waals surface area (Å²) in [5.74, 6) is 1.05. The molecule has 0 radical (unpaired) electrons. The molecule has 0 aliphatic carbocycles. The Labute approximate surface area is 213 Å². The van der Waals surface area contributed by atoms with Gasteiger partial charge in [0.05, 0.1) is 29.0 Å². The fraction of sp³-hybridized carbons (Fsp3) is 0.429. The number of hydrogen-bond acceptors (Lipinski definition) is 4. The van der Waals surface area contributed by atoms with Gasteiger partial charge in [0, 0.05) is 37.9 Å². The van der Waals surface area contributed by atoms with E-state index >= 15 is 0 Å². The Balaban J connectivity index is 1.60. The molecule has 0 saturated heterocycles. The van der Waals surface area contributed by atoms with E-state index in [-0.39, 0.29) is 11.5 Å². The molecule has 3 aromatic rings. The number of aryl methyl sites for hydroxylation is 2. The van der Waals surface area contributed by atoms with Gasteiger partial charge in [-0.2, -0.15) is 13.2 Å². The van der Waals surface area contributed by atoms with E-state index in [1.54, 1.807) is 6.07 Å². The quantitative estimate of drug-likeness (QED) is 0.474. The highest BCUT2D eigenvalue weighted by molar-refractivity contribution is 5.82. The first kappa shape index (κ1) is 25.2. The Morgan fingerprint density at radius 1 is 1.22 bits per heavy atom. The number of amides is 1. The van der Waals surface area contributed by atoms with Gasteiger partial charge in [-0.1, -0.05) is 25.1 Å². The minimum absolute atomic E-state index is 0.137. The minimum Gasteiger partial charge on any atom is -0.339 e. The lowest BCUT2D eigenvalue weighted by molar-refractivity contribution is -0.138. The van der Waals surface area contributed by atoms with E-state index in [1.807, 2.05) is 37.1 Å². The first-order chi connectivity index (χ1) is 17.7. The number of nitrogens with zero attached hydrogens (tertiary/aromatic N) is 5. The summed E-state index contributed by atoms with van der Waals surface area (Å²) in [5.41, 5.74) is 3.42. The van der Waals surface area contributed by atoms with Crippen LogP contribution in [0.15, 0.2) is 41.5 Å². The molecular weight excluding hydrogens is 479 g/mol. The van der Waals surface area contributed by atoms with E-state index in [0.717, 1.165) is 53.4 Å². The number of fused-ring (bicyclic) bond motifs is 3. The highest BCUT2D eigenvalue weighted by atomic mass is 19.4. The van der Waals surface area contributed by atoms with Crippen LogP contribution in [-0.2, 0) is 23.9 Å². The number of benzene rings is 1. The monoisotopic (exact) mass is 509 g/mol. The summed E-state index contributed by atoms with van der Waals surface area (Å²) in [6, 6.07) is 5.72. The summed E-state index contributed by atoms with van der Waals surface area (Å²) < 4.78 is 42.7. The number of pyridine rings is 1. The first-order valence-electron chi connectivity index (χ1n) is 12.7. The fourth-order valence-corrected chi connectivity index (χ4v) is 5.35. The number of hydrogen-bond donors (Lipinski definition) is 0. The molecule has 6 nitrogen and oxygen atoms in total. The second-order valence-electron chi connectivity index (χ2n) is 9.69. The van der Waals surface area contributed by atoms with E-state index in [0.29, 0.717) is 37.0 Å². The summed E-state index contributed by atoms with van der Waals surface area (Å²) >= 11 is 0. The van der Waals surface area contributed by atoms with Crippen molar-refractivity contribution in [1.29, 1.82) is 0 Å². The predicted molar refractivity (Wildman–Crippen MR) is 135 cm³/mol. The maximum absolute atomic E-state index is 13.5. The smallest absolute Gasteiger partial charge is 0.339 e. The van der Waals surface area contributed by atoms with E-state index in [4.69, 9.17) is 15.0 Å². The Morgan fingerprint density at radius 2 is 2.03 bits per heavy atom. The highest BCUT2D eigenvalue weighted by Gasteiger charge is 2.33. The number of halogens is 3. The average Bonchev–Trinajstić information content (AvgIpc) is 3.36. The second kappa shape index (κ2) is 9.76. The lowest BCUT2D eigenvalue weighted by atomic mass is 9.97. The van der Waals surface area contributed by atoms with Crippen LogP contribution in [0.3, 0.4) is 0 Å². The molecule has 0 bridgehead atoms. The molecule has 1 aromatic carbocycles. The van der Waals surface area contributed by atoms with E-state index in [2.05, 4.69) is 4.57 Å². The number of carbonyl (C=O) groups excluding carboxylic acids is 1. The zero-order chi connectivity index (χ0) is 26.3. The fourth-order valence-electron chi connectivity index (χ4n) is 5.35. The second-order valence-corrected chi connectivity index (χ2v) is 9.69. The van der Waals surface area contributed by atoms with Crippen LogP contribution in [0, 0.1) is 6.92 Å². The van der Waals surface area contributed by atoms with Crippen molar-refractivity contribution in [3.8, 4) is 0 Å². The van der Waals surface area contributed by atoms with Crippen molar-refractivity contribution in [3.05, 3.63) is 70.2 Å². The summed E-state index contributed by atoms with van der Waals surface area (Å²) in [6.45, 7) is 7.22. The van der Waals surface area contributed by atoms with Gasteiger partial charge in [0.2, 0.25) is 5.91 Å². The molecule has 194 valence electrons. The third kappa shape index (κ3) is 4.79. The predicted octanol–water partition coefficient (Wildman–Crippen LogP) is 5.39. The van der Waals surface area contributed by atoms with Crippen LogP contribution in [0.5, 0.6) is 0 Å². The lowest BCUT2D eigenvalue weighted by Gasteiger charge is -2.26. The largest absolute Gasteiger partial charge is 0.416 e. The van der Waals surface area contributed by atoms with Crippen molar-refractivity contribution in [2.45, 2.75) is 65.2 Å². The van der Waals surface area contributed by atoms with Gasteiger partial charge in [-0.3, -0.25) is 14.8 Å². The van der Waals surface area contributed by atoms with Crippen LogP contribution in [-0.4, -0.2) is 38.4 Å². The molecule has 2 aromatic heterocycles. The maximum Gasteiger partial charge on any atom is 0.416 e. The standard InChI is InChI=1S/C28H30F3N5O/c1-4-26(37)35-13-10-19(11-14-35)23-15-21-24(16-32-23)36-12-6-9-25(36)34-27(21)33-18(3)20-7-5-8-22(17(20)2)28(29,30)31/h5,7-8,10,15-16,18H,4,6,9,11-14H2,1-3H3/b33-27-/t18-/m1/s1. The molecule has 2 aliphatic rings. The summed E-state index contributed by atoms with van der Waals surface area (Å²) in [6.07, 6.45) is 2.48. The first-order valence-corrected chi connectivity index (χ1v) is 12.7. The summed E-state index contributed by atoms with van der Waals surface area (Å²) in [4.78, 5) is 28.4. The summed E-state index contributed by atoms with van der Waals surface area (Å²) in [7, 11) is 0. The van der Waals surface area contributed by atoms with Gasteiger partial charge in [-0.15, -0.1) is 0 Å². The molecule has 1 atom stereocenters. The van der Waals surface area contributed by atoms with Crippen molar-refractivity contribution in [2.24, 2.45) is 4.99 Å². The Kier molecular flexibility index (Phi) is 6.64. The van der Waals surface area contributed by atoms with Crippen molar-refractivity contribution >= 4 is 22.4 Å². The molecule has 5 rings (SSSR count). The topological polar surface area (TPSA) is 63.4 Å². The normalized spacial score (nSPS) is 17.2. The van der Waals surface area contributed by atoms with Crippen LogP contribution in [0.2, 0.25) is 0 Å². The van der Waals surface area contributed by atoms with Gasteiger partial charge in [0.25, 0.3) is 0 Å². The van der Waals surface area contributed by atoms with Crippen LogP contribution in [0.25, 0.3) is 16.5 Å². The molecule has 0 spiro atoms. The molecular formula is C28H30F3N5O. The molecule has 2 aliphatic heterocycles. The van der Waals surface area contributed by atoms with Crippen molar-refractivity contribution in [1.82, 2.24) is 19.4 Å². The molecule has 4 heterocycles. The zero-order valence-electron chi connectivity index (χ0n) is 21.3. The molecule has 0 fully saturated rings. The zero-order valence-corrected chi connectivity index (χ0v) is 21.3. The molecule has 0 N–H and O–H groups in total. The van der Waals surface area contributed by atoms with Crippen molar-refractivity contribution in [2.75, 3.05) is 13.1 Å². The molecule has 37 heavy (non-hydrogen) atoms. The average molecular weight is 510 g/mol. The Morgan fingerprint density at radius 3 is 2.73 bits per heavy atom. The Bertz CT molecular complexity index is 1470. The number of alkyl halides is 3. The number of aromatic nitrogens is 3. The van der Waals surface area contributed by atoms with Crippen LogP contribution in [0.1, 0.15) is 67.4 Å². The van der Waals surface area contributed by atoms with E-state index < -0.39 is 17.8 Å². The maximum atomic E-state index is 13.5. The molecule has 9 heteroatoms. The van der Waals surface area contributed by atoms with Crippen LogP contribution in [0.4, 0.5) is 13.2 Å². The SMILES string of the molecule is CCC(=O)N1CC=C(c2cc3/c(=N/[C@H](C)c4cccc(C(F)(F)F)c4C)nc4n(c3cn2)CCC4)CC1. The lowest BCUT2D eigenvalue weighted by Crippen LogP contribution is -2.34. The van der Waals surface area contributed by atoms with E-state index in [9.17, 15) is 18.0 Å². The third-order valence-electron chi connectivity index (χ3n) is 7.38. The third-order valence-corrected chi connectivity index (χ3v) is 7.38.